The highest BCUT2D eigenvalue weighted by Crippen LogP contribution is 2.15. The van der Waals surface area contributed by atoms with Crippen LogP contribution in [0.15, 0.2) is 38.7 Å². The van der Waals surface area contributed by atoms with Crippen molar-refractivity contribution in [1.29, 1.82) is 0 Å². The standard InChI is InChI=1S/C13H18N4O2S/c1-3-14-13(17-9-5-8-15-17)16-20(18,19)12-7-4-6-11(2)10-12/h4,6-8,10H,3,5,9H2,1-2H3,(H,14,16). The molecule has 0 unspecified atom stereocenters. The fourth-order valence-corrected chi connectivity index (χ4v) is 2.90. The molecule has 0 saturated carbocycles. The molecule has 108 valence electrons. The highest BCUT2D eigenvalue weighted by molar-refractivity contribution is 7.90. The lowest BCUT2D eigenvalue weighted by Gasteiger charge is -2.16. The molecule has 1 aliphatic rings. The van der Waals surface area contributed by atoms with Crippen LogP contribution in [0, 0.1) is 6.92 Å². The molecule has 0 saturated heterocycles. The van der Waals surface area contributed by atoms with Crippen molar-refractivity contribution in [2.24, 2.45) is 9.50 Å². The molecule has 20 heavy (non-hydrogen) atoms. The van der Waals surface area contributed by atoms with Gasteiger partial charge in [-0.2, -0.15) is 13.5 Å². The topological polar surface area (TPSA) is 74.1 Å². The van der Waals surface area contributed by atoms with Crippen molar-refractivity contribution in [3.05, 3.63) is 29.8 Å². The Morgan fingerprint density at radius 1 is 1.50 bits per heavy atom. The van der Waals surface area contributed by atoms with Crippen LogP contribution in [0.4, 0.5) is 0 Å². The van der Waals surface area contributed by atoms with E-state index in [1.807, 2.05) is 19.9 Å². The molecule has 1 aromatic rings. The highest BCUT2D eigenvalue weighted by Gasteiger charge is 2.19. The summed E-state index contributed by atoms with van der Waals surface area (Å²) in [5.41, 5.74) is 0.880. The molecule has 2 rings (SSSR count). The van der Waals surface area contributed by atoms with Crippen LogP contribution in [0.2, 0.25) is 0 Å². The van der Waals surface area contributed by atoms with Gasteiger partial charge in [-0.3, -0.25) is 0 Å². The highest BCUT2D eigenvalue weighted by atomic mass is 32.2. The first kappa shape index (κ1) is 14.5. The Bertz CT molecular complexity index is 638. The molecule has 0 amide bonds. The second-order valence-electron chi connectivity index (χ2n) is 4.45. The molecule has 0 atom stereocenters. The predicted molar refractivity (Wildman–Crippen MR) is 79.3 cm³/mol. The third kappa shape index (κ3) is 3.36. The fraction of sp³-hybridized carbons (Fsp3) is 0.385. The first-order chi connectivity index (χ1) is 9.53. The fourth-order valence-electron chi connectivity index (χ4n) is 1.83. The Kier molecular flexibility index (Phi) is 4.39. The minimum absolute atomic E-state index is 0.191. The van der Waals surface area contributed by atoms with Crippen molar-refractivity contribution < 1.29 is 8.42 Å². The van der Waals surface area contributed by atoms with Crippen LogP contribution < -0.4 is 5.32 Å². The summed E-state index contributed by atoms with van der Waals surface area (Å²) in [5.74, 6) is 0.266. The van der Waals surface area contributed by atoms with E-state index in [9.17, 15) is 8.42 Å². The maximum atomic E-state index is 12.3. The van der Waals surface area contributed by atoms with E-state index in [1.165, 1.54) is 0 Å². The maximum Gasteiger partial charge on any atom is 0.285 e. The number of hydrazone groups is 1. The number of nitrogens with zero attached hydrogens (tertiary/aromatic N) is 3. The van der Waals surface area contributed by atoms with Gasteiger partial charge in [0.2, 0.25) is 5.96 Å². The summed E-state index contributed by atoms with van der Waals surface area (Å²) < 4.78 is 28.5. The summed E-state index contributed by atoms with van der Waals surface area (Å²) in [5, 5.41) is 8.61. The Balaban J connectivity index is 2.35. The molecule has 1 aromatic carbocycles. The van der Waals surface area contributed by atoms with Crippen LogP contribution in [0.3, 0.4) is 0 Å². The number of sulfonamides is 1. The van der Waals surface area contributed by atoms with E-state index in [0.717, 1.165) is 12.0 Å². The molecule has 1 N–H and O–H groups in total. The van der Waals surface area contributed by atoms with Crippen molar-refractivity contribution in [2.45, 2.75) is 25.2 Å². The van der Waals surface area contributed by atoms with Gasteiger partial charge in [-0.15, -0.1) is 4.40 Å². The first-order valence-corrected chi connectivity index (χ1v) is 7.92. The van der Waals surface area contributed by atoms with Gasteiger partial charge in [-0.05, 0) is 31.5 Å². The molecular weight excluding hydrogens is 276 g/mol. The Hall–Kier alpha value is -1.89. The number of nitrogens with one attached hydrogen (secondary N) is 1. The van der Waals surface area contributed by atoms with Gasteiger partial charge in [0.05, 0.1) is 4.90 Å². The molecule has 1 heterocycles. The molecule has 0 fully saturated rings. The van der Waals surface area contributed by atoms with Crippen LogP contribution in [0.1, 0.15) is 18.9 Å². The normalized spacial score (nSPS) is 15.7. The summed E-state index contributed by atoms with van der Waals surface area (Å²) >= 11 is 0. The van der Waals surface area contributed by atoms with E-state index in [2.05, 4.69) is 14.8 Å². The summed E-state index contributed by atoms with van der Waals surface area (Å²) in [6, 6.07) is 6.70. The molecule has 1 aliphatic heterocycles. The van der Waals surface area contributed by atoms with E-state index in [4.69, 9.17) is 0 Å². The van der Waals surface area contributed by atoms with Crippen LogP contribution in [-0.2, 0) is 10.0 Å². The summed E-state index contributed by atoms with van der Waals surface area (Å²) in [4.78, 5) is 0.191. The summed E-state index contributed by atoms with van der Waals surface area (Å²) in [6.07, 6.45) is 2.53. The van der Waals surface area contributed by atoms with E-state index >= 15 is 0 Å². The van der Waals surface area contributed by atoms with Crippen LogP contribution in [-0.4, -0.2) is 38.7 Å². The van der Waals surface area contributed by atoms with Crippen LogP contribution in [0.5, 0.6) is 0 Å². The lowest BCUT2D eigenvalue weighted by atomic mass is 10.2. The quantitative estimate of drug-likeness (QED) is 0.674. The Morgan fingerprint density at radius 3 is 2.90 bits per heavy atom. The van der Waals surface area contributed by atoms with E-state index in [-0.39, 0.29) is 10.9 Å². The lowest BCUT2D eigenvalue weighted by Crippen LogP contribution is -2.37. The first-order valence-electron chi connectivity index (χ1n) is 6.48. The third-order valence-corrected chi connectivity index (χ3v) is 4.03. The Labute approximate surface area is 119 Å². The number of benzene rings is 1. The van der Waals surface area contributed by atoms with E-state index < -0.39 is 10.0 Å². The van der Waals surface area contributed by atoms with Gasteiger partial charge in [0.1, 0.15) is 0 Å². The van der Waals surface area contributed by atoms with Gasteiger partial charge in [-0.25, -0.2) is 5.01 Å². The SMILES string of the molecule is CCN/C(=N\S(=O)(=O)c1cccc(C)c1)N1CCC=N1. The molecule has 7 heteroatoms. The van der Waals surface area contributed by atoms with Crippen LogP contribution in [0.25, 0.3) is 0 Å². The van der Waals surface area contributed by atoms with Crippen molar-refractivity contribution in [3.63, 3.8) is 0 Å². The van der Waals surface area contributed by atoms with Gasteiger partial charge in [0.25, 0.3) is 10.0 Å². The summed E-state index contributed by atoms with van der Waals surface area (Å²) in [7, 11) is -3.73. The largest absolute Gasteiger partial charge is 0.354 e. The smallest absolute Gasteiger partial charge is 0.285 e. The third-order valence-electron chi connectivity index (χ3n) is 2.76. The van der Waals surface area contributed by atoms with E-state index in [0.29, 0.717) is 13.1 Å². The minimum Gasteiger partial charge on any atom is -0.354 e. The number of rotatable bonds is 3. The van der Waals surface area contributed by atoms with Gasteiger partial charge in [-0.1, -0.05) is 12.1 Å². The molecule has 6 nitrogen and oxygen atoms in total. The number of guanidine groups is 1. The molecule has 0 bridgehead atoms. The summed E-state index contributed by atoms with van der Waals surface area (Å²) in [6.45, 7) is 4.94. The number of hydrogen-bond acceptors (Lipinski definition) is 3. The zero-order valence-electron chi connectivity index (χ0n) is 11.6. The van der Waals surface area contributed by atoms with Gasteiger partial charge < -0.3 is 5.32 Å². The van der Waals surface area contributed by atoms with E-state index in [1.54, 1.807) is 29.4 Å². The average molecular weight is 294 g/mol. The van der Waals surface area contributed by atoms with Crippen LogP contribution >= 0.6 is 0 Å². The van der Waals surface area contributed by atoms with Crippen molar-refractivity contribution in [3.8, 4) is 0 Å². The zero-order valence-corrected chi connectivity index (χ0v) is 12.4. The molecular formula is C13H18N4O2S. The average Bonchev–Trinajstić information content (AvgIpc) is 2.92. The van der Waals surface area contributed by atoms with Crippen molar-refractivity contribution in [2.75, 3.05) is 13.1 Å². The van der Waals surface area contributed by atoms with Gasteiger partial charge in [0, 0.05) is 25.7 Å². The molecule has 0 aromatic heterocycles. The molecule has 0 aliphatic carbocycles. The molecule has 0 spiro atoms. The molecule has 0 radical (unpaired) electrons. The van der Waals surface area contributed by atoms with Crippen molar-refractivity contribution in [1.82, 2.24) is 10.3 Å². The Morgan fingerprint density at radius 2 is 2.30 bits per heavy atom. The maximum absolute atomic E-state index is 12.3. The second-order valence-corrected chi connectivity index (χ2v) is 6.05. The number of aryl methyl sites for hydroxylation is 1. The zero-order chi connectivity index (χ0) is 14.6. The number of hydrogen-bond donors (Lipinski definition) is 1. The van der Waals surface area contributed by atoms with Crippen molar-refractivity contribution >= 4 is 22.2 Å². The predicted octanol–water partition coefficient (Wildman–Crippen LogP) is 1.34. The van der Waals surface area contributed by atoms with Gasteiger partial charge in [0.15, 0.2) is 0 Å². The monoisotopic (exact) mass is 294 g/mol. The van der Waals surface area contributed by atoms with Gasteiger partial charge >= 0.3 is 0 Å². The lowest BCUT2D eigenvalue weighted by molar-refractivity contribution is 0.471. The minimum atomic E-state index is -3.73. The second kappa shape index (κ2) is 6.04.